The number of pyridine rings is 2. The molecule has 5 rings (SSSR count). The van der Waals surface area contributed by atoms with Gasteiger partial charge >= 0.3 is 0 Å². The second kappa shape index (κ2) is 8.94. The maximum atomic E-state index is 14.8. The topological polar surface area (TPSA) is 59.3 Å². The summed E-state index contributed by atoms with van der Waals surface area (Å²) < 4.78 is 30.3. The summed E-state index contributed by atoms with van der Waals surface area (Å²) in [5.74, 6) is -0.559. The standard InChI is InChI=1S/C26H17F2IN4O/c1-15-21(26(34)32-18-9-7-17(27)8-10-18)12-16(13-30-15)19-5-3-11-33-23(19)14-31-25(33)20-4-2-6-22(29)24(20)28/h2-14H,1H3,(H,32,34). The number of fused-ring (bicyclic) bond motifs is 1. The number of nitrogens with one attached hydrogen (secondary N) is 1. The number of nitrogens with zero attached hydrogens (tertiary/aromatic N) is 3. The third-order valence-electron chi connectivity index (χ3n) is 5.51. The number of aromatic nitrogens is 3. The highest BCUT2D eigenvalue weighted by Crippen LogP contribution is 2.31. The zero-order valence-electron chi connectivity index (χ0n) is 17.9. The maximum Gasteiger partial charge on any atom is 0.257 e. The van der Waals surface area contributed by atoms with Crippen molar-refractivity contribution in [3.05, 3.63) is 106 Å². The minimum atomic E-state index is -0.379. The average Bonchev–Trinajstić information content (AvgIpc) is 3.27. The monoisotopic (exact) mass is 566 g/mol. The van der Waals surface area contributed by atoms with Crippen LogP contribution in [0.2, 0.25) is 0 Å². The Balaban J connectivity index is 1.55. The van der Waals surface area contributed by atoms with Crippen molar-refractivity contribution in [3.63, 3.8) is 0 Å². The summed E-state index contributed by atoms with van der Waals surface area (Å²) in [6, 6.07) is 16.3. The molecule has 168 valence electrons. The average molecular weight is 566 g/mol. The second-order valence-electron chi connectivity index (χ2n) is 7.68. The van der Waals surface area contributed by atoms with Gasteiger partial charge in [-0.3, -0.25) is 14.2 Å². The van der Waals surface area contributed by atoms with Gasteiger partial charge in [0.1, 0.15) is 17.5 Å². The Bertz CT molecular complexity index is 1550. The minimum Gasteiger partial charge on any atom is -0.322 e. The summed E-state index contributed by atoms with van der Waals surface area (Å²) >= 11 is 1.96. The van der Waals surface area contributed by atoms with Crippen molar-refractivity contribution in [2.24, 2.45) is 0 Å². The number of aryl methyl sites for hydroxylation is 1. The number of anilines is 1. The number of rotatable bonds is 4. The van der Waals surface area contributed by atoms with Crippen molar-refractivity contribution in [2.45, 2.75) is 6.92 Å². The predicted octanol–water partition coefficient (Wildman–Crippen LogP) is 6.51. The molecule has 5 nitrogen and oxygen atoms in total. The molecule has 2 aromatic carbocycles. The van der Waals surface area contributed by atoms with Crippen LogP contribution in [0.25, 0.3) is 28.0 Å². The first-order valence-corrected chi connectivity index (χ1v) is 11.4. The van der Waals surface area contributed by atoms with E-state index in [1.54, 1.807) is 43.6 Å². The molecule has 3 heterocycles. The number of hydrogen-bond acceptors (Lipinski definition) is 3. The summed E-state index contributed by atoms with van der Waals surface area (Å²) in [5, 5.41) is 2.77. The summed E-state index contributed by atoms with van der Waals surface area (Å²) in [4.78, 5) is 21.8. The van der Waals surface area contributed by atoms with Crippen molar-refractivity contribution in [1.29, 1.82) is 0 Å². The van der Waals surface area contributed by atoms with Gasteiger partial charge in [0, 0.05) is 32.8 Å². The van der Waals surface area contributed by atoms with Crippen LogP contribution in [0.4, 0.5) is 14.5 Å². The molecule has 3 aromatic heterocycles. The first kappa shape index (κ1) is 22.1. The fourth-order valence-corrected chi connectivity index (χ4v) is 4.28. The van der Waals surface area contributed by atoms with Gasteiger partial charge in [-0.05, 0) is 78.0 Å². The molecular weight excluding hydrogens is 549 g/mol. The van der Waals surface area contributed by atoms with Crippen LogP contribution in [0.1, 0.15) is 16.1 Å². The summed E-state index contributed by atoms with van der Waals surface area (Å²) in [6.07, 6.45) is 5.20. The van der Waals surface area contributed by atoms with Crippen LogP contribution in [0, 0.1) is 22.1 Å². The molecule has 34 heavy (non-hydrogen) atoms. The van der Waals surface area contributed by atoms with E-state index in [1.807, 2.05) is 45.3 Å². The molecule has 0 bridgehead atoms. The Hall–Kier alpha value is -3.66. The number of benzene rings is 2. The molecule has 0 unspecified atom stereocenters. The lowest BCUT2D eigenvalue weighted by Gasteiger charge is -2.11. The van der Waals surface area contributed by atoms with Crippen molar-refractivity contribution < 1.29 is 13.6 Å². The molecule has 0 saturated carbocycles. The molecule has 1 N–H and O–H groups in total. The Morgan fingerprint density at radius 3 is 2.53 bits per heavy atom. The molecule has 0 aliphatic rings. The molecule has 0 spiro atoms. The molecule has 0 radical (unpaired) electrons. The predicted molar refractivity (Wildman–Crippen MR) is 136 cm³/mol. The fraction of sp³-hybridized carbons (Fsp3) is 0.0385. The lowest BCUT2D eigenvalue weighted by Crippen LogP contribution is -2.14. The van der Waals surface area contributed by atoms with Gasteiger partial charge in [0.05, 0.1) is 28.5 Å². The van der Waals surface area contributed by atoms with E-state index in [0.29, 0.717) is 31.9 Å². The summed E-state index contributed by atoms with van der Waals surface area (Å²) in [6.45, 7) is 1.75. The molecule has 5 aromatic rings. The minimum absolute atomic E-state index is 0.322. The lowest BCUT2D eigenvalue weighted by atomic mass is 10.0. The first-order valence-electron chi connectivity index (χ1n) is 10.4. The molecule has 8 heteroatoms. The van der Waals surface area contributed by atoms with Gasteiger partial charge in [-0.1, -0.05) is 12.1 Å². The molecule has 0 aliphatic heterocycles. The third-order valence-corrected chi connectivity index (χ3v) is 6.34. The van der Waals surface area contributed by atoms with Crippen LogP contribution in [-0.2, 0) is 0 Å². The molecular formula is C26H17F2IN4O. The molecule has 0 saturated heterocycles. The van der Waals surface area contributed by atoms with Gasteiger partial charge in [-0.2, -0.15) is 0 Å². The first-order chi connectivity index (χ1) is 16.4. The van der Waals surface area contributed by atoms with Gasteiger partial charge < -0.3 is 5.32 Å². The Morgan fingerprint density at radius 1 is 0.971 bits per heavy atom. The number of halogens is 3. The van der Waals surface area contributed by atoms with Crippen molar-refractivity contribution in [1.82, 2.24) is 14.4 Å². The van der Waals surface area contributed by atoms with Crippen molar-refractivity contribution in [2.75, 3.05) is 5.32 Å². The number of imidazole rings is 1. The molecule has 1 amide bonds. The van der Waals surface area contributed by atoms with Crippen LogP contribution in [0.5, 0.6) is 0 Å². The highest BCUT2D eigenvalue weighted by molar-refractivity contribution is 14.1. The zero-order valence-corrected chi connectivity index (χ0v) is 20.0. The van der Waals surface area contributed by atoms with Crippen LogP contribution in [-0.4, -0.2) is 20.3 Å². The van der Waals surface area contributed by atoms with Gasteiger partial charge in [0.2, 0.25) is 0 Å². The molecule has 0 aliphatic carbocycles. The Morgan fingerprint density at radius 2 is 1.74 bits per heavy atom. The van der Waals surface area contributed by atoms with E-state index in [2.05, 4.69) is 15.3 Å². The summed E-state index contributed by atoms with van der Waals surface area (Å²) in [7, 11) is 0. The number of carbonyl (C=O) groups excluding carboxylic acids is 1. The largest absolute Gasteiger partial charge is 0.322 e. The van der Waals surface area contributed by atoms with E-state index in [9.17, 15) is 13.6 Å². The number of carbonyl (C=O) groups is 1. The van der Waals surface area contributed by atoms with E-state index in [1.165, 1.54) is 24.3 Å². The highest BCUT2D eigenvalue weighted by Gasteiger charge is 2.17. The number of amides is 1. The SMILES string of the molecule is Cc1ncc(-c2cccn3c(-c4cccc(I)c4F)ncc23)cc1C(=O)Nc1ccc(F)cc1. The van der Waals surface area contributed by atoms with Crippen molar-refractivity contribution >= 4 is 39.7 Å². The Kier molecular flexibility index (Phi) is 5.82. The van der Waals surface area contributed by atoms with Crippen LogP contribution >= 0.6 is 22.6 Å². The lowest BCUT2D eigenvalue weighted by molar-refractivity contribution is 0.102. The summed E-state index contributed by atoms with van der Waals surface area (Å²) in [5.41, 5.74) is 4.12. The number of hydrogen-bond donors (Lipinski definition) is 1. The highest BCUT2D eigenvalue weighted by atomic mass is 127. The third kappa shape index (κ3) is 4.05. The van der Waals surface area contributed by atoms with Crippen LogP contribution in [0.3, 0.4) is 0 Å². The van der Waals surface area contributed by atoms with Gasteiger partial charge in [0.15, 0.2) is 0 Å². The van der Waals surface area contributed by atoms with E-state index < -0.39 is 0 Å². The Labute approximate surface area is 207 Å². The fourth-order valence-electron chi connectivity index (χ4n) is 3.78. The maximum absolute atomic E-state index is 14.8. The molecule has 0 atom stereocenters. The van der Waals surface area contributed by atoms with Crippen molar-refractivity contribution in [3.8, 4) is 22.5 Å². The smallest absolute Gasteiger partial charge is 0.257 e. The van der Waals surface area contributed by atoms with E-state index >= 15 is 0 Å². The van der Waals surface area contributed by atoms with Gasteiger partial charge in [-0.15, -0.1) is 0 Å². The quantitative estimate of drug-likeness (QED) is 0.253. The van der Waals surface area contributed by atoms with Crippen LogP contribution < -0.4 is 5.32 Å². The molecule has 0 fully saturated rings. The van der Waals surface area contributed by atoms with Gasteiger partial charge in [-0.25, -0.2) is 13.8 Å². The van der Waals surface area contributed by atoms with Gasteiger partial charge in [0.25, 0.3) is 5.91 Å². The van der Waals surface area contributed by atoms with E-state index in [4.69, 9.17) is 0 Å². The van der Waals surface area contributed by atoms with E-state index in [0.717, 1.165) is 16.6 Å². The van der Waals surface area contributed by atoms with Crippen LogP contribution in [0.15, 0.2) is 79.3 Å². The second-order valence-corrected chi connectivity index (χ2v) is 8.84. The van der Waals surface area contributed by atoms with E-state index in [-0.39, 0.29) is 17.5 Å². The zero-order chi connectivity index (χ0) is 23.8. The normalized spacial score (nSPS) is 11.1.